The number of rotatable bonds is 8. The summed E-state index contributed by atoms with van der Waals surface area (Å²) in [7, 11) is 0. The molecule has 1 unspecified atom stereocenters. The van der Waals surface area contributed by atoms with Gasteiger partial charge in [0.05, 0.1) is 0 Å². The molecule has 362 valence electrons. The molecule has 0 amide bonds. The molecule has 2 heteroatoms. The lowest BCUT2D eigenvalue weighted by molar-refractivity contribution is 0.718. The molecule has 1 atom stereocenters. The second-order valence-electron chi connectivity index (χ2n) is 20.9. The first kappa shape index (κ1) is 44.7. The summed E-state index contributed by atoms with van der Waals surface area (Å²) < 4.78 is 0. The van der Waals surface area contributed by atoms with E-state index in [0.717, 1.165) is 40.5 Å². The zero-order valence-corrected chi connectivity index (χ0v) is 42.7. The third-order valence-corrected chi connectivity index (χ3v) is 16.2. The molecule has 0 aliphatic heterocycles. The van der Waals surface area contributed by atoms with E-state index in [9.17, 15) is 0 Å². The average molecular weight is 981 g/mol. The molecule has 0 fully saturated rings. The minimum Gasteiger partial charge on any atom is -0.310 e. The van der Waals surface area contributed by atoms with Crippen LogP contribution in [0.1, 0.15) is 18.1 Å². The van der Waals surface area contributed by atoms with Gasteiger partial charge in [-0.3, -0.25) is 0 Å². The summed E-state index contributed by atoms with van der Waals surface area (Å²) in [4.78, 5) is 4.92. The summed E-state index contributed by atoms with van der Waals surface area (Å²) in [6, 6.07) is 99.5. The molecule has 0 spiro atoms. The zero-order valence-electron chi connectivity index (χ0n) is 42.7. The predicted molar refractivity (Wildman–Crippen MR) is 331 cm³/mol. The Kier molecular flexibility index (Phi) is 10.6. The van der Waals surface area contributed by atoms with Gasteiger partial charge in [0.1, 0.15) is 0 Å². The van der Waals surface area contributed by atoms with E-state index in [4.69, 9.17) is 0 Å². The van der Waals surface area contributed by atoms with E-state index in [1.54, 1.807) is 0 Å². The summed E-state index contributed by atoms with van der Waals surface area (Å²) in [6.45, 7) is 2.35. The monoisotopic (exact) mass is 980 g/mol. The van der Waals surface area contributed by atoms with Gasteiger partial charge in [-0.05, 0) is 194 Å². The van der Waals surface area contributed by atoms with Gasteiger partial charge in [-0.1, -0.05) is 213 Å². The highest BCUT2D eigenvalue weighted by Gasteiger charge is 2.26. The third-order valence-electron chi connectivity index (χ3n) is 16.2. The SMILES string of the molecule is CC1C=Cc2cccc(-c3c4cc(N(c5ccc6ccccc6c5)c5ccc6ccccc6c5)ccc4c(-c4cccc5ccccc45)c4cc(N(c5ccc6ccccc6c5)c5ccc6ccccc6c5)ccc34)c2C1. The molecule has 0 bridgehead atoms. The van der Waals surface area contributed by atoms with Crippen molar-refractivity contribution in [3.05, 3.63) is 284 Å². The van der Waals surface area contributed by atoms with Crippen LogP contribution in [0.25, 0.3) is 104 Å². The number of fused-ring (bicyclic) bond motifs is 8. The first-order valence-corrected chi connectivity index (χ1v) is 26.9. The van der Waals surface area contributed by atoms with E-state index in [1.165, 1.54) is 109 Å². The van der Waals surface area contributed by atoms with Gasteiger partial charge in [0.15, 0.2) is 0 Å². The van der Waals surface area contributed by atoms with Crippen LogP contribution in [-0.4, -0.2) is 0 Å². The fourth-order valence-electron chi connectivity index (χ4n) is 12.5. The van der Waals surface area contributed by atoms with Gasteiger partial charge >= 0.3 is 0 Å². The molecule has 14 aromatic rings. The van der Waals surface area contributed by atoms with Crippen molar-refractivity contribution in [1.82, 2.24) is 0 Å². The number of allylic oxidation sites excluding steroid dienone is 1. The van der Waals surface area contributed by atoms with Gasteiger partial charge < -0.3 is 9.80 Å². The van der Waals surface area contributed by atoms with E-state index >= 15 is 0 Å². The van der Waals surface area contributed by atoms with Crippen molar-refractivity contribution in [1.29, 1.82) is 0 Å². The van der Waals surface area contributed by atoms with E-state index in [-0.39, 0.29) is 0 Å². The molecule has 0 N–H and O–H groups in total. The predicted octanol–water partition coefficient (Wildman–Crippen LogP) is 21.2. The molecule has 14 aromatic carbocycles. The Morgan fingerprint density at radius 3 is 1.13 bits per heavy atom. The van der Waals surface area contributed by atoms with Crippen molar-refractivity contribution in [2.45, 2.75) is 13.3 Å². The molecule has 1 aliphatic rings. The Labute approximate surface area is 448 Å². The van der Waals surface area contributed by atoms with Crippen molar-refractivity contribution in [2.24, 2.45) is 5.92 Å². The van der Waals surface area contributed by atoms with Crippen LogP contribution in [0.2, 0.25) is 0 Å². The molecule has 0 heterocycles. The van der Waals surface area contributed by atoms with Crippen LogP contribution in [-0.2, 0) is 6.42 Å². The Bertz CT molecular complexity index is 4550. The second kappa shape index (κ2) is 18.3. The number of hydrogen-bond donors (Lipinski definition) is 0. The summed E-state index contributed by atoms with van der Waals surface area (Å²) in [5, 5.41) is 17.0. The van der Waals surface area contributed by atoms with Crippen molar-refractivity contribution in [3.63, 3.8) is 0 Å². The summed E-state index contributed by atoms with van der Waals surface area (Å²) in [6.07, 6.45) is 5.68. The molecule has 2 nitrogen and oxygen atoms in total. The van der Waals surface area contributed by atoms with Crippen LogP contribution < -0.4 is 9.80 Å². The maximum Gasteiger partial charge on any atom is 0.0468 e. The molecule has 15 rings (SSSR count). The highest BCUT2D eigenvalue weighted by molar-refractivity contribution is 6.25. The standard InChI is InChI=1S/C75H52N2/c1-49-28-29-55-24-13-27-68(71(55)42-49)75-70-41-39-64(76(60-34-30-50-14-2-6-19-56(50)43-60)61-35-31-51-15-3-7-20-57(51)44-61)47-72(70)74(67-26-12-23-54-18-10-11-25-66(54)67)69-40-38-65(48-73(69)75)77(62-36-32-52-16-4-8-21-58(52)45-62)63-37-33-53-17-5-9-22-59(53)46-63/h2-41,43-49H,42H2,1H3. The Balaban J connectivity index is 1.06. The number of anilines is 6. The minimum absolute atomic E-state index is 0.409. The summed E-state index contributed by atoms with van der Waals surface area (Å²) in [5.41, 5.74) is 14.3. The fourth-order valence-corrected chi connectivity index (χ4v) is 12.5. The van der Waals surface area contributed by atoms with Crippen molar-refractivity contribution in [2.75, 3.05) is 9.80 Å². The molecule has 0 saturated heterocycles. The maximum absolute atomic E-state index is 2.50. The van der Waals surface area contributed by atoms with E-state index in [2.05, 4.69) is 296 Å². The Hall–Kier alpha value is -9.76. The van der Waals surface area contributed by atoms with Gasteiger partial charge in [-0.15, -0.1) is 0 Å². The lowest BCUT2D eigenvalue weighted by Gasteiger charge is -2.29. The van der Waals surface area contributed by atoms with Crippen LogP contribution in [0.5, 0.6) is 0 Å². The quantitative estimate of drug-likeness (QED) is 0.140. The van der Waals surface area contributed by atoms with Gasteiger partial charge in [-0.25, -0.2) is 0 Å². The van der Waals surface area contributed by atoms with Crippen molar-refractivity contribution in [3.8, 4) is 22.3 Å². The van der Waals surface area contributed by atoms with Crippen LogP contribution in [0.15, 0.2) is 273 Å². The highest BCUT2D eigenvalue weighted by Crippen LogP contribution is 2.51. The van der Waals surface area contributed by atoms with E-state index in [0.29, 0.717) is 5.92 Å². The third kappa shape index (κ3) is 7.71. The van der Waals surface area contributed by atoms with E-state index < -0.39 is 0 Å². The minimum atomic E-state index is 0.409. The molecule has 1 aliphatic carbocycles. The Morgan fingerprint density at radius 2 is 0.649 bits per heavy atom. The van der Waals surface area contributed by atoms with Gasteiger partial charge in [-0.2, -0.15) is 0 Å². The molecule has 0 radical (unpaired) electrons. The van der Waals surface area contributed by atoms with Gasteiger partial charge in [0.25, 0.3) is 0 Å². The molecule has 0 saturated carbocycles. The zero-order chi connectivity index (χ0) is 51.0. The molecular formula is C75H52N2. The van der Waals surface area contributed by atoms with Crippen LogP contribution in [0.4, 0.5) is 34.1 Å². The maximum atomic E-state index is 2.50. The van der Waals surface area contributed by atoms with Crippen LogP contribution in [0.3, 0.4) is 0 Å². The second-order valence-corrected chi connectivity index (χ2v) is 20.9. The first-order chi connectivity index (χ1) is 38.1. The van der Waals surface area contributed by atoms with Crippen molar-refractivity contribution >= 4 is 116 Å². The molecule has 0 aromatic heterocycles. The highest BCUT2D eigenvalue weighted by atomic mass is 15.1. The van der Waals surface area contributed by atoms with Gasteiger partial charge in [0, 0.05) is 34.1 Å². The number of hydrogen-bond acceptors (Lipinski definition) is 2. The number of nitrogens with zero attached hydrogens (tertiary/aromatic N) is 2. The number of benzene rings is 14. The molecule has 77 heavy (non-hydrogen) atoms. The lowest BCUT2D eigenvalue weighted by Crippen LogP contribution is -2.11. The summed E-state index contributed by atoms with van der Waals surface area (Å²) in [5.74, 6) is 0.409. The smallest absolute Gasteiger partial charge is 0.0468 e. The van der Waals surface area contributed by atoms with E-state index in [1.807, 2.05) is 0 Å². The molecular weight excluding hydrogens is 929 g/mol. The van der Waals surface area contributed by atoms with Gasteiger partial charge in [0.2, 0.25) is 0 Å². The first-order valence-electron chi connectivity index (χ1n) is 26.9. The topological polar surface area (TPSA) is 6.48 Å². The normalized spacial score (nSPS) is 13.3. The average Bonchev–Trinajstić information content (AvgIpc) is 3.54. The van der Waals surface area contributed by atoms with Crippen LogP contribution >= 0.6 is 0 Å². The fraction of sp³-hybridized carbons (Fsp3) is 0.0400. The van der Waals surface area contributed by atoms with Crippen molar-refractivity contribution < 1.29 is 0 Å². The summed E-state index contributed by atoms with van der Waals surface area (Å²) >= 11 is 0. The largest absolute Gasteiger partial charge is 0.310 e. The lowest BCUT2D eigenvalue weighted by atomic mass is 9.80. The Morgan fingerprint density at radius 1 is 0.286 bits per heavy atom. The van der Waals surface area contributed by atoms with Crippen LogP contribution in [0, 0.1) is 5.92 Å².